The van der Waals surface area contributed by atoms with Crippen LogP contribution in [0.4, 0.5) is 0 Å². The smallest absolute Gasteiger partial charge is 0.0351 e. The minimum absolute atomic E-state index is 0.631. The quantitative estimate of drug-likeness (QED) is 0.598. The van der Waals surface area contributed by atoms with Crippen LogP contribution in [0.3, 0.4) is 0 Å². The summed E-state index contributed by atoms with van der Waals surface area (Å²) in [5.41, 5.74) is 1.57. The van der Waals surface area contributed by atoms with Crippen molar-refractivity contribution in [3.63, 3.8) is 0 Å². The van der Waals surface area contributed by atoms with Gasteiger partial charge in [0.15, 0.2) is 0 Å². The van der Waals surface area contributed by atoms with Crippen LogP contribution >= 0.6 is 23.2 Å². The highest BCUT2D eigenvalue weighted by Crippen LogP contribution is 2.08. The molecule has 0 aliphatic rings. The van der Waals surface area contributed by atoms with Crippen molar-refractivity contribution in [1.82, 2.24) is 4.90 Å². The maximum absolute atomic E-state index is 5.73. The number of rotatable bonds is 7. The molecule has 13 heavy (non-hydrogen) atoms. The van der Waals surface area contributed by atoms with Gasteiger partial charge in [0.2, 0.25) is 0 Å². The number of nitrogens with zero attached hydrogens (tertiary/aromatic N) is 1. The summed E-state index contributed by atoms with van der Waals surface area (Å²) in [6, 6.07) is 0.631. The highest BCUT2D eigenvalue weighted by molar-refractivity contribution is 6.25. The van der Waals surface area contributed by atoms with Crippen LogP contribution in [0.1, 0.15) is 26.7 Å². The fraction of sp³-hybridized carbons (Fsp3) is 0.800. The van der Waals surface area contributed by atoms with E-state index in [4.69, 9.17) is 23.2 Å². The molecule has 78 valence electrons. The van der Waals surface area contributed by atoms with E-state index in [1.807, 2.05) is 6.08 Å². The highest BCUT2D eigenvalue weighted by Gasteiger charge is 2.12. The van der Waals surface area contributed by atoms with Crippen molar-refractivity contribution in [2.45, 2.75) is 32.7 Å². The van der Waals surface area contributed by atoms with Crippen molar-refractivity contribution in [1.29, 1.82) is 0 Å². The van der Waals surface area contributed by atoms with Gasteiger partial charge in [-0.1, -0.05) is 31.5 Å². The van der Waals surface area contributed by atoms with Gasteiger partial charge in [-0.3, -0.25) is 4.90 Å². The standard InChI is InChI=1S/C10H19Cl2N/c1-3-10(4-2)13(9-7-12)8-5-6-11/h5-6,10H,3-4,7-9H2,1-2H3/b6-5+. The Morgan fingerprint density at radius 1 is 1.31 bits per heavy atom. The molecule has 0 amide bonds. The summed E-state index contributed by atoms with van der Waals surface area (Å²) in [6.45, 7) is 6.26. The van der Waals surface area contributed by atoms with Crippen molar-refractivity contribution < 1.29 is 0 Å². The van der Waals surface area contributed by atoms with Crippen LogP contribution in [0.25, 0.3) is 0 Å². The van der Waals surface area contributed by atoms with Gasteiger partial charge in [-0.2, -0.15) is 0 Å². The van der Waals surface area contributed by atoms with Gasteiger partial charge in [0.25, 0.3) is 0 Å². The van der Waals surface area contributed by atoms with Crippen molar-refractivity contribution in [3.8, 4) is 0 Å². The average Bonchev–Trinajstić information content (AvgIpc) is 2.16. The van der Waals surface area contributed by atoms with Crippen LogP contribution in [-0.4, -0.2) is 29.9 Å². The minimum Gasteiger partial charge on any atom is -0.296 e. The maximum Gasteiger partial charge on any atom is 0.0351 e. The van der Waals surface area contributed by atoms with E-state index < -0.39 is 0 Å². The first-order valence-corrected chi connectivity index (χ1v) is 5.82. The molecule has 0 radical (unpaired) electrons. The largest absolute Gasteiger partial charge is 0.296 e. The zero-order chi connectivity index (χ0) is 10.1. The molecule has 0 bridgehead atoms. The van der Waals surface area contributed by atoms with Crippen LogP contribution in [0, 0.1) is 0 Å². The molecule has 0 saturated carbocycles. The summed E-state index contributed by atoms with van der Waals surface area (Å²) < 4.78 is 0. The normalized spacial score (nSPS) is 12.2. The molecule has 0 aromatic carbocycles. The van der Waals surface area contributed by atoms with Gasteiger partial charge >= 0.3 is 0 Å². The first kappa shape index (κ1) is 13.3. The molecule has 0 aliphatic carbocycles. The minimum atomic E-state index is 0.631. The molecule has 0 fully saturated rings. The summed E-state index contributed by atoms with van der Waals surface area (Å²) in [4.78, 5) is 2.37. The molecule has 0 N–H and O–H groups in total. The molecule has 0 spiro atoms. The van der Waals surface area contributed by atoms with Crippen molar-refractivity contribution in [3.05, 3.63) is 11.6 Å². The Hall–Kier alpha value is 0.280. The van der Waals surface area contributed by atoms with Crippen LogP contribution in [0.5, 0.6) is 0 Å². The molecule has 1 nitrogen and oxygen atoms in total. The third-order valence-corrected chi connectivity index (χ3v) is 2.61. The molecule has 0 saturated heterocycles. The topological polar surface area (TPSA) is 3.24 Å². The van der Waals surface area contributed by atoms with Gasteiger partial charge in [-0.05, 0) is 12.8 Å². The van der Waals surface area contributed by atoms with E-state index in [0.717, 1.165) is 13.1 Å². The lowest BCUT2D eigenvalue weighted by atomic mass is 10.1. The predicted molar refractivity (Wildman–Crippen MR) is 61.7 cm³/mol. The number of halogens is 2. The van der Waals surface area contributed by atoms with E-state index in [0.29, 0.717) is 11.9 Å². The Morgan fingerprint density at radius 2 is 1.92 bits per heavy atom. The van der Waals surface area contributed by atoms with E-state index in [-0.39, 0.29) is 0 Å². The molecule has 0 atom stereocenters. The summed E-state index contributed by atoms with van der Waals surface area (Å²) in [6.07, 6.45) is 4.31. The zero-order valence-corrected chi connectivity index (χ0v) is 9.98. The molecule has 0 aliphatic heterocycles. The van der Waals surface area contributed by atoms with Crippen molar-refractivity contribution >= 4 is 23.2 Å². The highest BCUT2D eigenvalue weighted by atomic mass is 35.5. The van der Waals surface area contributed by atoms with E-state index in [1.165, 1.54) is 12.8 Å². The van der Waals surface area contributed by atoms with Gasteiger partial charge in [0.05, 0.1) is 0 Å². The predicted octanol–water partition coefficient (Wildman–Crippen LogP) is 3.47. The lowest BCUT2D eigenvalue weighted by Gasteiger charge is -2.28. The van der Waals surface area contributed by atoms with Gasteiger partial charge in [-0.15, -0.1) is 11.6 Å². The third kappa shape index (κ3) is 5.56. The number of hydrogen-bond donors (Lipinski definition) is 0. The Balaban J connectivity index is 4.03. The van der Waals surface area contributed by atoms with Crippen LogP contribution in [0.2, 0.25) is 0 Å². The average molecular weight is 224 g/mol. The molecular weight excluding hydrogens is 205 g/mol. The second kappa shape index (κ2) is 8.86. The molecule has 3 heteroatoms. The molecule has 0 heterocycles. The summed E-state index contributed by atoms with van der Waals surface area (Å²) in [7, 11) is 0. The van der Waals surface area contributed by atoms with Crippen molar-refractivity contribution in [2.75, 3.05) is 19.0 Å². The summed E-state index contributed by atoms with van der Waals surface area (Å²) in [5, 5.41) is 0. The SMILES string of the molecule is CCC(CC)N(C/C=C/Cl)CCCl. The Morgan fingerprint density at radius 3 is 2.31 bits per heavy atom. The molecular formula is C10H19Cl2N. The Labute approximate surface area is 91.7 Å². The molecule has 0 rings (SSSR count). The number of hydrogen-bond acceptors (Lipinski definition) is 1. The van der Waals surface area contributed by atoms with Gasteiger partial charge in [0.1, 0.15) is 0 Å². The maximum atomic E-state index is 5.73. The lowest BCUT2D eigenvalue weighted by Crippen LogP contribution is -2.36. The van der Waals surface area contributed by atoms with E-state index in [9.17, 15) is 0 Å². The van der Waals surface area contributed by atoms with Gasteiger partial charge in [-0.25, -0.2) is 0 Å². The molecule has 0 unspecified atom stereocenters. The Bertz CT molecular complexity index is 133. The van der Waals surface area contributed by atoms with E-state index in [1.54, 1.807) is 5.54 Å². The zero-order valence-electron chi connectivity index (χ0n) is 8.47. The van der Waals surface area contributed by atoms with Gasteiger partial charge in [0, 0.05) is 30.5 Å². The summed E-state index contributed by atoms with van der Waals surface area (Å²) in [5.74, 6) is 0.687. The van der Waals surface area contributed by atoms with E-state index in [2.05, 4.69) is 18.7 Å². The van der Waals surface area contributed by atoms with Crippen LogP contribution in [-0.2, 0) is 0 Å². The molecule has 0 aromatic heterocycles. The second-order valence-corrected chi connectivity index (χ2v) is 3.65. The van der Waals surface area contributed by atoms with Crippen LogP contribution < -0.4 is 0 Å². The van der Waals surface area contributed by atoms with E-state index >= 15 is 0 Å². The second-order valence-electron chi connectivity index (χ2n) is 3.02. The lowest BCUT2D eigenvalue weighted by molar-refractivity contribution is 0.218. The monoisotopic (exact) mass is 223 g/mol. The van der Waals surface area contributed by atoms with Crippen LogP contribution in [0.15, 0.2) is 11.6 Å². The molecule has 0 aromatic rings. The van der Waals surface area contributed by atoms with Crippen molar-refractivity contribution in [2.24, 2.45) is 0 Å². The number of alkyl halides is 1. The fourth-order valence-electron chi connectivity index (χ4n) is 1.51. The summed E-state index contributed by atoms with van der Waals surface area (Å²) >= 11 is 11.2. The third-order valence-electron chi connectivity index (χ3n) is 2.26. The fourth-order valence-corrected chi connectivity index (χ4v) is 1.81. The first-order valence-electron chi connectivity index (χ1n) is 4.85. The Kier molecular flexibility index (Phi) is 9.05. The van der Waals surface area contributed by atoms with Gasteiger partial charge < -0.3 is 0 Å². The first-order chi connectivity index (χ1) is 6.29.